The summed E-state index contributed by atoms with van der Waals surface area (Å²) in [6, 6.07) is 18.6. The van der Waals surface area contributed by atoms with Gasteiger partial charge < -0.3 is 14.8 Å². The lowest BCUT2D eigenvalue weighted by Crippen LogP contribution is -2.47. The minimum absolute atomic E-state index is 0.234. The van der Waals surface area contributed by atoms with Crippen LogP contribution in [0.25, 0.3) is 0 Å². The van der Waals surface area contributed by atoms with E-state index in [2.05, 4.69) is 5.32 Å². The van der Waals surface area contributed by atoms with Gasteiger partial charge in [0.1, 0.15) is 11.8 Å². The highest BCUT2D eigenvalue weighted by Gasteiger charge is 2.36. The fraction of sp³-hybridized carbons (Fsp3) is 0.222. The van der Waals surface area contributed by atoms with Gasteiger partial charge in [-0.25, -0.2) is 4.79 Å². The Balaban J connectivity index is 1.81. The van der Waals surface area contributed by atoms with E-state index in [4.69, 9.17) is 9.47 Å². The van der Waals surface area contributed by atoms with Crippen LogP contribution in [0.5, 0.6) is 5.75 Å². The van der Waals surface area contributed by atoms with Crippen LogP contribution in [0.4, 0.5) is 11.4 Å². The number of anilines is 2. The maximum atomic E-state index is 13.9. The van der Waals surface area contributed by atoms with Gasteiger partial charge in [0.05, 0.1) is 36.2 Å². The Kier molecular flexibility index (Phi) is 7.41. The lowest BCUT2D eigenvalue weighted by atomic mass is 10.1. The topological polar surface area (TPSA) is 84.9 Å². The van der Waals surface area contributed by atoms with E-state index in [1.54, 1.807) is 55.5 Å². The number of amides is 2. The molecule has 2 amide bonds. The van der Waals surface area contributed by atoms with Crippen molar-refractivity contribution in [2.75, 3.05) is 23.9 Å². The fourth-order valence-electron chi connectivity index (χ4n) is 3.98. The van der Waals surface area contributed by atoms with Crippen LogP contribution >= 0.6 is 11.8 Å². The number of methoxy groups -OCH3 is 1. The summed E-state index contributed by atoms with van der Waals surface area (Å²) in [5.74, 6) is -0.637. The molecular weight excluding hydrogens is 464 g/mol. The highest BCUT2D eigenvalue weighted by Crippen LogP contribution is 2.43. The number of fused-ring (bicyclic) bond motifs is 2. The zero-order chi connectivity index (χ0) is 24.9. The van der Waals surface area contributed by atoms with E-state index < -0.39 is 12.0 Å². The van der Waals surface area contributed by atoms with Crippen LogP contribution < -0.4 is 15.0 Å². The lowest BCUT2D eigenvalue weighted by Gasteiger charge is -2.31. The Labute approximate surface area is 208 Å². The van der Waals surface area contributed by atoms with Crippen LogP contribution in [-0.4, -0.2) is 37.5 Å². The summed E-state index contributed by atoms with van der Waals surface area (Å²) in [6.45, 7) is 3.81. The van der Waals surface area contributed by atoms with Crippen molar-refractivity contribution < 1.29 is 23.9 Å². The second-order valence-corrected chi connectivity index (χ2v) is 8.87. The van der Waals surface area contributed by atoms with Crippen molar-refractivity contribution in [2.24, 2.45) is 0 Å². The number of rotatable bonds is 7. The molecule has 4 rings (SSSR count). The van der Waals surface area contributed by atoms with Crippen LogP contribution in [0.3, 0.4) is 0 Å². The SMILES string of the molecule is CCOC(=O)c1ccc2c(c1)N([C@@H](CC)C(=O)Nc1ccccc1OC)C(=O)c1ccccc1S2. The van der Waals surface area contributed by atoms with Crippen molar-refractivity contribution in [3.05, 3.63) is 77.9 Å². The molecule has 1 N–H and O–H groups in total. The average Bonchev–Trinajstić information content (AvgIpc) is 2.99. The summed E-state index contributed by atoms with van der Waals surface area (Å²) in [4.78, 5) is 42.9. The maximum absolute atomic E-state index is 13.9. The molecule has 1 aliphatic heterocycles. The molecule has 7 nitrogen and oxygen atoms in total. The maximum Gasteiger partial charge on any atom is 0.338 e. The molecule has 0 spiro atoms. The number of hydrogen-bond donors (Lipinski definition) is 1. The van der Waals surface area contributed by atoms with Crippen LogP contribution in [0, 0.1) is 0 Å². The highest BCUT2D eigenvalue weighted by atomic mass is 32.2. The van der Waals surface area contributed by atoms with Crippen molar-refractivity contribution in [3.8, 4) is 5.75 Å². The number of esters is 1. The Hall–Kier alpha value is -3.78. The zero-order valence-electron chi connectivity index (χ0n) is 19.7. The summed E-state index contributed by atoms with van der Waals surface area (Å²) in [5, 5.41) is 2.91. The zero-order valence-corrected chi connectivity index (χ0v) is 20.6. The van der Waals surface area contributed by atoms with Gasteiger partial charge in [-0.05, 0) is 55.8 Å². The van der Waals surface area contributed by atoms with Gasteiger partial charge in [0.15, 0.2) is 0 Å². The molecule has 1 atom stereocenters. The molecule has 35 heavy (non-hydrogen) atoms. The van der Waals surface area contributed by atoms with Crippen molar-refractivity contribution in [3.63, 3.8) is 0 Å². The van der Waals surface area contributed by atoms with Crippen LogP contribution in [0.1, 0.15) is 41.0 Å². The smallest absolute Gasteiger partial charge is 0.338 e. The van der Waals surface area contributed by atoms with Gasteiger partial charge in [-0.15, -0.1) is 0 Å². The number of para-hydroxylation sites is 2. The van der Waals surface area contributed by atoms with Crippen molar-refractivity contribution >= 4 is 40.9 Å². The molecule has 8 heteroatoms. The first-order chi connectivity index (χ1) is 17.0. The normalized spacial score (nSPS) is 13.2. The van der Waals surface area contributed by atoms with E-state index in [1.165, 1.54) is 23.8 Å². The van der Waals surface area contributed by atoms with Gasteiger partial charge in [-0.1, -0.05) is 43.0 Å². The quantitative estimate of drug-likeness (QED) is 0.447. The van der Waals surface area contributed by atoms with E-state index in [0.29, 0.717) is 34.7 Å². The molecule has 0 aromatic heterocycles. The number of benzene rings is 3. The predicted molar refractivity (Wildman–Crippen MR) is 135 cm³/mol. The molecule has 0 saturated carbocycles. The fourth-order valence-corrected chi connectivity index (χ4v) is 5.03. The first-order valence-corrected chi connectivity index (χ1v) is 12.2. The van der Waals surface area contributed by atoms with Gasteiger partial charge in [0.2, 0.25) is 5.91 Å². The van der Waals surface area contributed by atoms with E-state index >= 15 is 0 Å². The molecule has 0 fully saturated rings. The molecule has 180 valence electrons. The first kappa shape index (κ1) is 24.3. The molecule has 0 aliphatic carbocycles. The third-order valence-electron chi connectivity index (χ3n) is 5.65. The predicted octanol–water partition coefficient (Wildman–Crippen LogP) is 5.40. The van der Waals surface area contributed by atoms with Crippen LogP contribution in [0.15, 0.2) is 76.5 Å². The Bertz CT molecular complexity index is 1280. The molecule has 1 aliphatic rings. The Morgan fingerprint density at radius 1 is 1.00 bits per heavy atom. The largest absolute Gasteiger partial charge is 0.495 e. The molecule has 0 saturated heterocycles. The number of hydrogen-bond acceptors (Lipinski definition) is 6. The number of ether oxygens (including phenoxy) is 2. The third kappa shape index (κ3) is 4.88. The van der Waals surface area contributed by atoms with Crippen LogP contribution in [0.2, 0.25) is 0 Å². The summed E-state index contributed by atoms with van der Waals surface area (Å²) in [5.41, 5.74) is 1.81. The summed E-state index contributed by atoms with van der Waals surface area (Å²) in [6.07, 6.45) is 0.350. The van der Waals surface area contributed by atoms with Crippen LogP contribution in [-0.2, 0) is 9.53 Å². The van der Waals surface area contributed by atoms with Crippen molar-refractivity contribution in [2.45, 2.75) is 36.1 Å². The minimum atomic E-state index is -0.838. The monoisotopic (exact) mass is 490 g/mol. The average molecular weight is 491 g/mol. The van der Waals surface area contributed by atoms with Gasteiger partial charge >= 0.3 is 5.97 Å². The van der Waals surface area contributed by atoms with E-state index in [-0.39, 0.29) is 18.4 Å². The van der Waals surface area contributed by atoms with E-state index in [1.807, 2.05) is 25.1 Å². The van der Waals surface area contributed by atoms with Gasteiger partial charge in [0.25, 0.3) is 5.91 Å². The van der Waals surface area contributed by atoms with Gasteiger partial charge in [-0.2, -0.15) is 0 Å². The Morgan fingerprint density at radius 3 is 2.49 bits per heavy atom. The van der Waals surface area contributed by atoms with Crippen molar-refractivity contribution in [1.82, 2.24) is 0 Å². The van der Waals surface area contributed by atoms with E-state index in [0.717, 1.165) is 9.79 Å². The molecule has 0 bridgehead atoms. The molecule has 3 aromatic carbocycles. The first-order valence-electron chi connectivity index (χ1n) is 11.3. The molecule has 0 unspecified atom stereocenters. The third-order valence-corrected chi connectivity index (χ3v) is 6.79. The lowest BCUT2D eigenvalue weighted by molar-refractivity contribution is -0.117. The minimum Gasteiger partial charge on any atom is -0.495 e. The number of nitrogens with zero attached hydrogens (tertiary/aromatic N) is 1. The molecule has 3 aromatic rings. The highest BCUT2D eigenvalue weighted by molar-refractivity contribution is 7.99. The summed E-state index contributed by atoms with van der Waals surface area (Å²) < 4.78 is 10.5. The molecule has 0 radical (unpaired) electrons. The molecule has 1 heterocycles. The Morgan fingerprint density at radius 2 is 1.74 bits per heavy atom. The molecular formula is C27H26N2O5S. The second-order valence-electron chi connectivity index (χ2n) is 7.79. The summed E-state index contributed by atoms with van der Waals surface area (Å²) in [7, 11) is 1.53. The standard InChI is InChI=1S/C27H26N2O5S/c1-4-20(25(30)28-19-11-7-8-12-22(19)33-3)29-21-16-17(27(32)34-5-2)14-15-24(21)35-23-13-9-6-10-18(23)26(29)31/h6-16,20H,4-5H2,1-3H3,(H,28,30)/t20-/m0/s1. The second kappa shape index (κ2) is 10.7. The summed E-state index contributed by atoms with van der Waals surface area (Å²) >= 11 is 1.43. The van der Waals surface area contributed by atoms with E-state index in [9.17, 15) is 14.4 Å². The number of carbonyl (C=O) groups excluding carboxylic acids is 3. The van der Waals surface area contributed by atoms with Gasteiger partial charge in [0, 0.05) is 9.79 Å². The van der Waals surface area contributed by atoms with Gasteiger partial charge in [-0.3, -0.25) is 14.5 Å². The number of carbonyl (C=O) groups is 3. The number of nitrogens with one attached hydrogen (secondary N) is 1. The van der Waals surface area contributed by atoms with Crippen molar-refractivity contribution in [1.29, 1.82) is 0 Å².